The monoisotopic (exact) mass is 360 g/mol. The highest BCUT2D eigenvalue weighted by Crippen LogP contribution is 2.19. The van der Waals surface area contributed by atoms with Crippen LogP contribution in [-0.2, 0) is 0 Å². The van der Waals surface area contributed by atoms with Crippen LogP contribution in [0.25, 0.3) is 0 Å². The van der Waals surface area contributed by atoms with Gasteiger partial charge in [-0.05, 0) is 24.3 Å². The number of carbonyl (C=O) groups is 1. The maximum Gasteiger partial charge on any atom is 0.326 e. The Hall–Kier alpha value is -2.85. The molecule has 0 aliphatic rings. The Morgan fingerprint density at radius 1 is 0.808 bits per heavy atom. The van der Waals surface area contributed by atoms with E-state index in [2.05, 4.69) is 42.7 Å². The molecule has 3 aromatic carbocycles. The van der Waals surface area contributed by atoms with Crippen LogP contribution in [0.5, 0.6) is 0 Å². The highest BCUT2D eigenvalue weighted by Gasteiger charge is 2.29. The second kappa shape index (κ2) is 8.02. The van der Waals surface area contributed by atoms with E-state index < -0.39 is 8.07 Å². The molecule has 0 atom stereocenters. The second-order valence-electron chi connectivity index (χ2n) is 6.97. The number of rotatable bonds is 5. The summed E-state index contributed by atoms with van der Waals surface area (Å²) in [5.41, 5.74) is 1.72. The van der Waals surface area contributed by atoms with Gasteiger partial charge in [-0.15, -0.1) is 0 Å². The lowest BCUT2D eigenvalue weighted by Crippen LogP contribution is -2.54. The molecule has 1 N–H and O–H groups in total. The third-order valence-electron chi connectivity index (χ3n) is 4.45. The molecule has 0 saturated heterocycles. The fourth-order valence-electron chi connectivity index (χ4n) is 2.98. The maximum atomic E-state index is 13.1. The van der Waals surface area contributed by atoms with Crippen LogP contribution in [0.3, 0.4) is 0 Å². The van der Waals surface area contributed by atoms with Gasteiger partial charge in [0.05, 0.1) is 0 Å². The molecule has 132 valence electrons. The number of para-hydroxylation sites is 2. The van der Waals surface area contributed by atoms with Crippen molar-refractivity contribution in [2.75, 3.05) is 16.4 Å². The van der Waals surface area contributed by atoms with Crippen molar-refractivity contribution in [3.05, 3.63) is 91.0 Å². The first-order valence-corrected chi connectivity index (χ1v) is 12.0. The summed E-state index contributed by atoms with van der Waals surface area (Å²) in [4.78, 5) is 14.9. The van der Waals surface area contributed by atoms with Gasteiger partial charge < -0.3 is 5.32 Å². The average molecular weight is 361 g/mol. The number of anilines is 2. The minimum Gasteiger partial charge on any atom is -0.308 e. The molecule has 26 heavy (non-hydrogen) atoms. The molecule has 0 unspecified atom stereocenters. The first-order valence-electron chi connectivity index (χ1n) is 8.80. The Morgan fingerprint density at radius 3 is 1.88 bits per heavy atom. The summed E-state index contributed by atoms with van der Waals surface area (Å²) in [5, 5.41) is 4.36. The Kier molecular flexibility index (Phi) is 5.54. The van der Waals surface area contributed by atoms with E-state index in [0.717, 1.165) is 11.4 Å². The fourth-order valence-corrected chi connectivity index (χ4v) is 5.37. The molecule has 0 radical (unpaired) electrons. The van der Waals surface area contributed by atoms with Crippen LogP contribution in [-0.4, -0.2) is 20.3 Å². The van der Waals surface area contributed by atoms with Crippen molar-refractivity contribution in [1.29, 1.82) is 0 Å². The Balaban J connectivity index is 1.88. The normalized spacial score (nSPS) is 11.0. The minimum absolute atomic E-state index is 0.0982. The van der Waals surface area contributed by atoms with Crippen molar-refractivity contribution in [2.24, 2.45) is 0 Å². The van der Waals surface area contributed by atoms with Gasteiger partial charge in [0, 0.05) is 17.5 Å². The lowest BCUT2D eigenvalue weighted by molar-refractivity contribution is 0.257. The zero-order valence-electron chi connectivity index (χ0n) is 15.2. The number of carbonyl (C=O) groups excluding carboxylic acids is 1. The molecule has 3 nitrogen and oxygen atoms in total. The largest absolute Gasteiger partial charge is 0.326 e. The van der Waals surface area contributed by atoms with Gasteiger partial charge in [0.2, 0.25) is 0 Å². The first kappa shape index (κ1) is 18.0. The lowest BCUT2D eigenvalue weighted by atomic mass is 10.3. The van der Waals surface area contributed by atoms with Crippen molar-refractivity contribution < 1.29 is 4.79 Å². The van der Waals surface area contributed by atoms with Gasteiger partial charge in [0.25, 0.3) is 0 Å². The first-order chi connectivity index (χ1) is 12.6. The third-order valence-corrected chi connectivity index (χ3v) is 7.45. The van der Waals surface area contributed by atoms with Gasteiger partial charge in [-0.2, -0.15) is 0 Å². The summed E-state index contributed by atoms with van der Waals surface area (Å²) < 4.78 is 0. The van der Waals surface area contributed by atoms with E-state index in [1.807, 2.05) is 71.6 Å². The number of hydrogen-bond acceptors (Lipinski definition) is 1. The smallest absolute Gasteiger partial charge is 0.308 e. The Bertz CT molecular complexity index is 836. The van der Waals surface area contributed by atoms with Gasteiger partial charge in [-0.25, -0.2) is 4.79 Å². The van der Waals surface area contributed by atoms with Crippen molar-refractivity contribution in [2.45, 2.75) is 13.1 Å². The number of urea groups is 1. The highest BCUT2D eigenvalue weighted by molar-refractivity contribution is 6.90. The molecule has 0 aromatic heterocycles. The zero-order valence-corrected chi connectivity index (χ0v) is 16.2. The van der Waals surface area contributed by atoms with E-state index in [1.165, 1.54) is 5.19 Å². The molecule has 0 aliphatic carbocycles. The molecule has 3 rings (SSSR count). The summed E-state index contributed by atoms with van der Waals surface area (Å²) in [7, 11) is -1.84. The highest BCUT2D eigenvalue weighted by atomic mass is 28.3. The van der Waals surface area contributed by atoms with Crippen LogP contribution >= 0.6 is 0 Å². The summed E-state index contributed by atoms with van der Waals surface area (Å²) in [6.07, 6.45) is 0.708. The van der Waals surface area contributed by atoms with Crippen LogP contribution < -0.4 is 15.4 Å². The number of benzene rings is 3. The molecular formula is C22H24N2OSi. The van der Waals surface area contributed by atoms with Crippen LogP contribution in [0, 0.1) is 0 Å². The lowest BCUT2D eigenvalue weighted by Gasteiger charge is -2.32. The van der Waals surface area contributed by atoms with Gasteiger partial charge in [0.15, 0.2) is 0 Å². The zero-order chi connectivity index (χ0) is 18.4. The molecule has 0 heterocycles. The predicted molar refractivity (Wildman–Crippen MR) is 113 cm³/mol. The predicted octanol–water partition coefficient (Wildman–Crippen LogP) is 4.88. The van der Waals surface area contributed by atoms with E-state index >= 15 is 0 Å². The summed E-state index contributed by atoms with van der Waals surface area (Å²) in [6.45, 7) is 4.60. The molecule has 0 aliphatic heterocycles. The van der Waals surface area contributed by atoms with Crippen LogP contribution in [0.2, 0.25) is 13.1 Å². The molecule has 3 aromatic rings. The van der Waals surface area contributed by atoms with Gasteiger partial charge in [0.1, 0.15) is 8.07 Å². The number of nitrogens with zero attached hydrogens (tertiary/aromatic N) is 1. The van der Waals surface area contributed by atoms with Crippen LogP contribution in [0.1, 0.15) is 0 Å². The third kappa shape index (κ3) is 4.40. The standard InChI is InChI=1S/C22H24N2OSi/c1-26(2,21-16-10-5-11-17-21)18-24(20-14-8-4-9-15-20)22(25)23-19-12-6-3-7-13-19/h3-17H,18H2,1-2H3,(H,23,25). The Morgan fingerprint density at radius 2 is 1.31 bits per heavy atom. The summed E-state index contributed by atoms with van der Waals surface area (Å²) in [5.74, 6) is 0. The molecule has 0 bridgehead atoms. The van der Waals surface area contributed by atoms with E-state index in [4.69, 9.17) is 0 Å². The van der Waals surface area contributed by atoms with E-state index in [-0.39, 0.29) is 6.03 Å². The Labute approximate surface area is 156 Å². The quantitative estimate of drug-likeness (QED) is 0.646. The minimum atomic E-state index is -1.84. The van der Waals surface area contributed by atoms with Crippen molar-refractivity contribution in [1.82, 2.24) is 0 Å². The molecule has 0 spiro atoms. The van der Waals surface area contributed by atoms with Crippen molar-refractivity contribution in [3.63, 3.8) is 0 Å². The summed E-state index contributed by atoms with van der Waals surface area (Å²) >= 11 is 0. The fraction of sp³-hybridized carbons (Fsp3) is 0.136. The number of hydrogen-bond donors (Lipinski definition) is 1. The molecule has 0 saturated carbocycles. The van der Waals surface area contributed by atoms with Gasteiger partial charge in [-0.3, -0.25) is 4.90 Å². The molecular weight excluding hydrogens is 336 g/mol. The number of nitrogens with one attached hydrogen (secondary N) is 1. The van der Waals surface area contributed by atoms with Crippen LogP contribution in [0.4, 0.5) is 16.2 Å². The topological polar surface area (TPSA) is 32.3 Å². The van der Waals surface area contributed by atoms with Crippen LogP contribution in [0.15, 0.2) is 91.0 Å². The molecule has 4 heteroatoms. The maximum absolute atomic E-state index is 13.1. The average Bonchev–Trinajstić information content (AvgIpc) is 2.68. The van der Waals surface area contributed by atoms with Crippen molar-refractivity contribution in [3.8, 4) is 0 Å². The molecule has 2 amide bonds. The number of amides is 2. The van der Waals surface area contributed by atoms with Gasteiger partial charge >= 0.3 is 6.03 Å². The van der Waals surface area contributed by atoms with Crippen molar-refractivity contribution >= 4 is 30.7 Å². The van der Waals surface area contributed by atoms with E-state index in [0.29, 0.717) is 6.17 Å². The van der Waals surface area contributed by atoms with E-state index in [9.17, 15) is 4.79 Å². The van der Waals surface area contributed by atoms with Gasteiger partial charge in [-0.1, -0.05) is 85.0 Å². The molecule has 0 fully saturated rings. The summed E-state index contributed by atoms with van der Waals surface area (Å²) in [6, 6.07) is 29.9. The second-order valence-corrected chi connectivity index (χ2v) is 11.6. The SMILES string of the molecule is C[Si](C)(CN(C(=O)Nc1ccccc1)c1ccccc1)c1ccccc1. The van der Waals surface area contributed by atoms with E-state index in [1.54, 1.807) is 0 Å².